The highest BCUT2D eigenvalue weighted by Gasteiger charge is 2.16. The number of carboxylic acids is 1. The number of hydrogen-bond acceptors (Lipinski definition) is 1. The fourth-order valence-electron chi connectivity index (χ4n) is 2.48. The van der Waals surface area contributed by atoms with Crippen molar-refractivity contribution in [2.45, 2.75) is 6.54 Å². The van der Waals surface area contributed by atoms with Gasteiger partial charge in [-0.05, 0) is 23.8 Å². The standard InChI is InChI=1S/C19H15NO2/c21-19(22)14-20-17(12-10-15-6-2-1-3-7-15)13-11-16-8-4-5-9-18(16)20/h1-13H,14H2/p+1. The molecule has 2 aromatic carbocycles. The Morgan fingerprint density at radius 1 is 0.909 bits per heavy atom. The summed E-state index contributed by atoms with van der Waals surface area (Å²) in [5.41, 5.74) is 2.86. The Bertz CT molecular complexity index is 838. The number of pyridine rings is 1. The van der Waals surface area contributed by atoms with E-state index in [9.17, 15) is 9.90 Å². The molecule has 3 aromatic rings. The summed E-state index contributed by atoms with van der Waals surface area (Å²) in [4.78, 5) is 11.2. The molecule has 22 heavy (non-hydrogen) atoms. The van der Waals surface area contributed by atoms with Crippen molar-refractivity contribution in [3.05, 3.63) is 78.0 Å². The number of aromatic nitrogens is 1. The van der Waals surface area contributed by atoms with E-state index in [1.165, 1.54) is 0 Å². The van der Waals surface area contributed by atoms with Gasteiger partial charge in [0.25, 0.3) is 0 Å². The molecule has 0 unspecified atom stereocenters. The molecule has 3 nitrogen and oxygen atoms in total. The van der Waals surface area contributed by atoms with Gasteiger partial charge in [-0.1, -0.05) is 42.5 Å². The van der Waals surface area contributed by atoms with Crippen molar-refractivity contribution in [1.82, 2.24) is 0 Å². The third-order valence-electron chi connectivity index (χ3n) is 3.51. The molecule has 0 aliphatic heterocycles. The fraction of sp³-hybridized carbons (Fsp3) is 0.0526. The molecule has 108 valence electrons. The molecule has 1 aromatic heterocycles. The number of rotatable bonds is 4. The highest BCUT2D eigenvalue weighted by atomic mass is 16.4. The quantitative estimate of drug-likeness (QED) is 0.748. The zero-order valence-electron chi connectivity index (χ0n) is 12.0. The van der Waals surface area contributed by atoms with Crippen LogP contribution in [0.3, 0.4) is 0 Å². The van der Waals surface area contributed by atoms with Gasteiger partial charge in [-0.25, -0.2) is 4.79 Å². The number of carboxylic acid groups (broad SMARTS) is 1. The molecule has 0 saturated carbocycles. The molecular formula is C19H16NO2+. The molecule has 0 atom stereocenters. The van der Waals surface area contributed by atoms with Crippen molar-refractivity contribution in [3.8, 4) is 0 Å². The van der Waals surface area contributed by atoms with E-state index < -0.39 is 5.97 Å². The Balaban J connectivity index is 2.08. The van der Waals surface area contributed by atoms with Crippen LogP contribution in [0.1, 0.15) is 11.3 Å². The minimum atomic E-state index is -0.851. The van der Waals surface area contributed by atoms with Gasteiger partial charge in [-0.3, -0.25) is 0 Å². The molecule has 3 heteroatoms. The zero-order valence-corrected chi connectivity index (χ0v) is 12.0. The highest BCUT2D eigenvalue weighted by molar-refractivity contribution is 5.78. The SMILES string of the molecule is O=C(O)C[n+]1c(C=Cc2ccccc2)ccc2ccccc21. The van der Waals surface area contributed by atoms with Crippen LogP contribution >= 0.6 is 0 Å². The lowest BCUT2D eigenvalue weighted by Gasteiger charge is -2.03. The molecule has 1 N–H and O–H groups in total. The van der Waals surface area contributed by atoms with Crippen LogP contribution < -0.4 is 4.57 Å². The Morgan fingerprint density at radius 3 is 2.41 bits per heavy atom. The van der Waals surface area contributed by atoms with E-state index in [-0.39, 0.29) is 6.54 Å². The molecule has 1 heterocycles. The number of benzene rings is 2. The number of fused-ring (bicyclic) bond motifs is 1. The van der Waals surface area contributed by atoms with Crippen molar-refractivity contribution in [3.63, 3.8) is 0 Å². The second-order valence-electron chi connectivity index (χ2n) is 5.04. The van der Waals surface area contributed by atoms with E-state index in [1.54, 1.807) is 0 Å². The molecule has 0 fully saturated rings. The maximum atomic E-state index is 11.2. The summed E-state index contributed by atoms with van der Waals surface area (Å²) in [5.74, 6) is -0.851. The summed E-state index contributed by atoms with van der Waals surface area (Å²) >= 11 is 0. The van der Waals surface area contributed by atoms with Gasteiger partial charge in [-0.2, -0.15) is 4.57 Å². The van der Waals surface area contributed by atoms with Gasteiger partial charge in [-0.15, -0.1) is 0 Å². The number of carbonyl (C=O) groups is 1. The highest BCUT2D eigenvalue weighted by Crippen LogP contribution is 2.12. The number of nitrogens with zero attached hydrogens (tertiary/aromatic N) is 1. The monoisotopic (exact) mass is 290 g/mol. The molecule has 0 aliphatic rings. The van der Waals surface area contributed by atoms with Gasteiger partial charge in [0.2, 0.25) is 17.8 Å². The number of hydrogen-bond donors (Lipinski definition) is 1. The first-order chi connectivity index (χ1) is 10.7. The number of para-hydroxylation sites is 1. The lowest BCUT2D eigenvalue weighted by molar-refractivity contribution is -0.661. The van der Waals surface area contributed by atoms with Crippen LogP contribution in [0.25, 0.3) is 23.1 Å². The molecule has 0 saturated heterocycles. The van der Waals surface area contributed by atoms with Gasteiger partial charge < -0.3 is 5.11 Å². The lowest BCUT2D eigenvalue weighted by Crippen LogP contribution is -2.41. The summed E-state index contributed by atoms with van der Waals surface area (Å²) < 4.78 is 1.82. The molecular weight excluding hydrogens is 274 g/mol. The first-order valence-corrected chi connectivity index (χ1v) is 7.10. The van der Waals surface area contributed by atoms with Crippen molar-refractivity contribution >= 4 is 29.0 Å². The Hall–Kier alpha value is -2.94. The van der Waals surface area contributed by atoms with Crippen molar-refractivity contribution < 1.29 is 14.5 Å². The van der Waals surface area contributed by atoms with Crippen LogP contribution in [0.15, 0.2) is 66.7 Å². The first kappa shape index (κ1) is 14.0. The van der Waals surface area contributed by atoms with E-state index in [0.717, 1.165) is 22.2 Å². The Kier molecular flexibility index (Phi) is 3.97. The van der Waals surface area contributed by atoms with E-state index in [0.29, 0.717) is 0 Å². The summed E-state index contributed by atoms with van der Waals surface area (Å²) in [6.45, 7) is -0.0597. The van der Waals surface area contributed by atoms with Crippen LogP contribution in [-0.4, -0.2) is 11.1 Å². The maximum absolute atomic E-state index is 11.2. The molecule has 0 amide bonds. The van der Waals surface area contributed by atoms with Crippen LogP contribution in [0, 0.1) is 0 Å². The van der Waals surface area contributed by atoms with Gasteiger partial charge >= 0.3 is 5.97 Å². The van der Waals surface area contributed by atoms with Crippen LogP contribution in [0.2, 0.25) is 0 Å². The lowest BCUT2D eigenvalue weighted by atomic mass is 10.1. The normalized spacial score (nSPS) is 11.1. The first-order valence-electron chi connectivity index (χ1n) is 7.10. The Morgan fingerprint density at radius 2 is 1.64 bits per heavy atom. The minimum Gasteiger partial charge on any atom is -0.477 e. The molecule has 0 bridgehead atoms. The average Bonchev–Trinajstić information content (AvgIpc) is 2.54. The van der Waals surface area contributed by atoms with Crippen LogP contribution in [0.5, 0.6) is 0 Å². The zero-order chi connectivity index (χ0) is 15.4. The summed E-state index contributed by atoms with van der Waals surface area (Å²) in [5, 5.41) is 10.2. The van der Waals surface area contributed by atoms with E-state index in [1.807, 2.05) is 83.4 Å². The van der Waals surface area contributed by atoms with Crippen LogP contribution in [0.4, 0.5) is 0 Å². The molecule has 0 spiro atoms. The van der Waals surface area contributed by atoms with Gasteiger partial charge in [0, 0.05) is 23.6 Å². The van der Waals surface area contributed by atoms with Gasteiger partial charge in [0.05, 0.1) is 0 Å². The van der Waals surface area contributed by atoms with Crippen molar-refractivity contribution in [2.75, 3.05) is 0 Å². The van der Waals surface area contributed by atoms with Crippen LogP contribution in [-0.2, 0) is 11.3 Å². The predicted molar refractivity (Wildman–Crippen MR) is 87.1 cm³/mol. The average molecular weight is 290 g/mol. The molecule has 0 radical (unpaired) electrons. The third kappa shape index (κ3) is 3.04. The Labute approximate surface area is 128 Å². The van der Waals surface area contributed by atoms with Gasteiger partial charge in [0.1, 0.15) is 0 Å². The van der Waals surface area contributed by atoms with E-state index in [2.05, 4.69) is 0 Å². The fourth-order valence-corrected chi connectivity index (χ4v) is 2.48. The largest absolute Gasteiger partial charge is 0.477 e. The van der Waals surface area contributed by atoms with Gasteiger partial charge in [0.15, 0.2) is 0 Å². The third-order valence-corrected chi connectivity index (χ3v) is 3.51. The van der Waals surface area contributed by atoms with E-state index >= 15 is 0 Å². The second-order valence-corrected chi connectivity index (χ2v) is 5.04. The molecule has 3 rings (SSSR count). The summed E-state index contributed by atoms with van der Waals surface area (Å²) in [6, 6.07) is 21.7. The second kappa shape index (κ2) is 6.22. The summed E-state index contributed by atoms with van der Waals surface area (Å²) in [6.07, 6.45) is 3.94. The maximum Gasteiger partial charge on any atom is 0.370 e. The molecule has 0 aliphatic carbocycles. The summed E-state index contributed by atoms with van der Waals surface area (Å²) in [7, 11) is 0. The van der Waals surface area contributed by atoms with Crippen molar-refractivity contribution in [1.29, 1.82) is 0 Å². The predicted octanol–water partition coefficient (Wildman–Crippen LogP) is 3.38. The van der Waals surface area contributed by atoms with E-state index in [4.69, 9.17) is 0 Å². The van der Waals surface area contributed by atoms with Crippen molar-refractivity contribution in [2.24, 2.45) is 0 Å². The topological polar surface area (TPSA) is 41.2 Å². The number of aliphatic carboxylic acids is 1. The minimum absolute atomic E-state index is 0.0597. The smallest absolute Gasteiger partial charge is 0.370 e.